The van der Waals surface area contributed by atoms with Crippen LogP contribution in [-0.4, -0.2) is 66.0 Å². The van der Waals surface area contributed by atoms with Crippen molar-refractivity contribution in [1.29, 1.82) is 0 Å². The Bertz CT molecular complexity index is 1200. The summed E-state index contributed by atoms with van der Waals surface area (Å²) in [4.78, 5) is 39.5. The molecule has 3 heterocycles. The number of carbonyl (C=O) groups is 1. The summed E-state index contributed by atoms with van der Waals surface area (Å²) in [5.74, 6) is -0.677. The largest absolute Gasteiger partial charge is 0.477 e. The zero-order valence-corrected chi connectivity index (χ0v) is 16.5. The smallest absolute Gasteiger partial charge is 0.311 e. The van der Waals surface area contributed by atoms with E-state index in [1.54, 1.807) is 12.3 Å². The van der Waals surface area contributed by atoms with Crippen molar-refractivity contribution in [3.05, 3.63) is 58.1 Å². The number of pyridine rings is 1. The molecule has 1 saturated heterocycles. The normalized spacial score (nSPS) is 16.6. The third-order valence-electron chi connectivity index (χ3n) is 5.16. The molecule has 2 N–H and O–H groups in total. The van der Waals surface area contributed by atoms with Crippen molar-refractivity contribution in [1.82, 2.24) is 25.2 Å². The Balaban J connectivity index is 1.35. The highest BCUT2D eigenvalue weighted by atomic mass is 16.5. The van der Waals surface area contributed by atoms with E-state index in [2.05, 4.69) is 24.8 Å². The van der Waals surface area contributed by atoms with Crippen LogP contribution in [0.5, 0.6) is 5.88 Å². The molecule has 1 amide bonds. The molecule has 0 saturated carbocycles. The Morgan fingerprint density at radius 2 is 2.10 bits per heavy atom. The van der Waals surface area contributed by atoms with Gasteiger partial charge in [0.05, 0.1) is 30.0 Å². The standard InChI is InChI=1S/C21H24N6O3/c1-22-19(28)17-6-4-15(12-23-17)27-9-7-26(8-10-27)13-14-3-5-16-18(11-14)24-20(29)21(25-16)30-2/h3-6,11-12H,7-10,13H2,1-2H3,(H,22,28)(H,24,29)/i1D3. The molecule has 2 aromatic heterocycles. The van der Waals surface area contributed by atoms with Crippen LogP contribution in [0.25, 0.3) is 11.0 Å². The molecule has 0 radical (unpaired) electrons. The van der Waals surface area contributed by atoms with Gasteiger partial charge in [0.1, 0.15) is 5.69 Å². The van der Waals surface area contributed by atoms with E-state index in [1.165, 1.54) is 13.2 Å². The molecule has 0 bridgehead atoms. The maximum Gasteiger partial charge on any atom is 0.311 e. The van der Waals surface area contributed by atoms with E-state index in [0.717, 1.165) is 44.0 Å². The van der Waals surface area contributed by atoms with E-state index in [1.807, 2.05) is 23.5 Å². The molecule has 30 heavy (non-hydrogen) atoms. The summed E-state index contributed by atoms with van der Waals surface area (Å²) in [5.41, 5.74) is 3.00. The summed E-state index contributed by atoms with van der Waals surface area (Å²) in [6.45, 7) is 1.42. The number of benzene rings is 1. The third kappa shape index (κ3) is 4.11. The first-order valence-electron chi connectivity index (χ1n) is 11.0. The van der Waals surface area contributed by atoms with Gasteiger partial charge in [-0.25, -0.2) is 9.97 Å². The number of nitrogens with one attached hydrogen (secondary N) is 2. The maximum absolute atomic E-state index is 11.9. The molecule has 0 unspecified atom stereocenters. The zero-order valence-electron chi connectivity index (χ0n) is 19.5. The summed E-state index contributed by atoms with van der Waals surface area (Å²) >= 11 is 0. The first kappa shape index (κ1) is 16.3. The van der Waals surface area contributed by atoms with Gasteiger partial charge in [0, 0.05) is 43.8 Å². The second kappa shape index (κ2) is 8.50. The monoisotopic (exact) mass is 411 g/mol. The van der Waals surface area contributed by atoms with Gasteiger partial charge >= 0.3 is 5.56 Å². The van der Waals surface area contributed by atoms with Crippen molar-refractivity contribution in [2.45, 2.75) is 6.54 Å². The van der Waals surface area contributed by atoms with Gasteiger partial charge in [-0.3, -0.25) is 14.5 Å². The second-order valence-electron chi connectivity index (χ2n) is 7.05. The molecule has 1 aliphatic heterocycles. The molecule has 9 heteroatoms. The van der Waals surface area contributed by atoms with E-state index in [4.69, 9.17) is 8.85 Å². The van der Waals surface area contributed by atoms with Crippen LogP contribution in [0.1, 0.15) is 20.2 Å². The molecule has 156 valence electrons. The highest BCUT2D eigenvalue weighted by molar-refractivity contribution is 5.92. The lowest BCUT2D eigenvalue weighted by Crippen LogP contribution is -2.46. The maximum atomic E-state index is 11.9. The summed E-state index contributed by atoms with van der Waals surface area (Å²) in [6, 6.07) is 9.10. The number of hydrogen-bond acceptors (Lipinski definition) is 7. The number of amides is 1. The number of aromatic nitrogens is 3. The number of nitrogens with zero attached hydrogens (tertiary/aromatic N) is 4. The molecule has 4 rings (SSSR count). The summed E-state index contributed by atoms with van der Waals surface area (Å²) in [7, 11) is 1.42. The summed E-state index contributed by atoms with van der Waals surface area (Å²) in [5, 5.41) is 1.93. The fraction of sp³-hybridized carbons (Fsp3) is 0.333. The van der Waals surface area contributed by atoms with Crippen molar-refractivity contribution in [3.8, 4) is 5.88 Å². The van der Waals surface area contributed by atoms with Crippen LogP contribution < -0.4 is 20.5 Å². The van der Waals surface area contributed by atoms with E-state index in [0.29, 0.717) is 11.0 Å². The lowest BCUT2D eigenvalue weighted by atomic mass is 10.1. The van der Waals surface area contributed by atoms with Crippen molar-refractivity contribution >= 4 is 22.6 Å². The SMILES string of the molecule is [2H]C([2H])([2H])NC(=O)c1ccc(N2CCN(Cc3ccc4nc(OC)c(=O)[nH]c4c3)CC2)cn1. The van der Waals surface area contributed by atoms with Crippen LogP contribution in [0.4, 0.5) is 5.69 Å². The van der Waals surface area contributed by atoms with Gasteiger partial charge < -0.3 is 19.9 Å². The zero-order chi connectivity index (χ0) is 23.6. The lowest BCUT2D eigenvalue weighted by Gasteiger charge is -2.36. The van der Waals surface area contributed by atoms with Crippen molar-refractivity contribution < 1.29 is 13.6 Å². The predicted molar refractivity (Wildman–Crippen MR) is 114 cm³/mol. The number of anilines is 1. The van der Waals surface area contributed by atoms with E-state index in [9.17, 15) is 9.59 Å². The highest BCUT2D eigenvalue weighted by Gasteiger charge is 2.18. The molecule has 3 aromatic rings. The fourth-order valence-electron chi connectivity index (χ4n) is 3.55. The number of carbonyl (C=O) groups excluding carboxylic acids is 1. The van der Waals surface area contributed by atoms with Gasteiger partial charge in [-0.15, -0.1) is 0 Å². The average molecular weight is 411 g/mol. The molecule has 0 aliphatic carbocycles. The molecular formula is C21H24N6O3. The Labute approximate surface area is 177 Å². The minimum absolute atomic E-state index is 0.0480. The van der Waals surface area contributed by atoms with Crippen molar-refractivity contribution in [2.24, 2.45) is 0 Å². The molecule has 0 spiro atoms. The van der Waals surface area contributed by atoms with Crippen LogP contribution in [0, 0.1) is 0 Å². The van der Waals surface area contributed by atoms with Gasteiger partial charge in [0.25, 0.3) is 11.8 Å². The Morgan fingerprint density at radius 1 is 1.27 bits per heavy atom. The van der Waals surface area contributed by atoms with Gasteiger partial charge in [0.2, 0.25) is 0 Å². The predicted octanol–water partition coefficient (Wildman–Crippen LogP) is 1.01. The van der Waals surface area contributed by atoms with Crippen LogP contribution >= 0.6 is 0 Å². The van der Waals surface area contributed by atoms with E-state index in [-0.39, 0.29) is 17.1 Å². The summed E-state index contributed by atoms with van der Waals surface area (Å²) < 4.78 is 26.3. The van der Waals surface area contributed by atoms with Gasteiger partial charge in [0.15, 0.2) is 0 Å². The molecule has 1 fully saturated rings. The topological polar surface area (TPSA) is 103 Å². The fourth-order valence-corrected chi connectivity index (χ4v) is 3.55. The number of methoxy groups -OCH3 is 1. The van der Waals surface area contributed by atoms with Crippen molar-refractivity contribution in [2.75, 3.05) is 45.2 Å². The number of hydrogen-bond donors (Lipinski definition) is 2. The quantitative estimate of drug-likeness (QED) is 0.646. The van der Waals surface area contributed by atoms with Crippen LogP contribution in [0.15, 0.2) is 41.3 Å². The Morgan fingerprint density at radius 3 is 2.80 bits per heavy atom. The Kier molecular flexibility index (Phi) is 4.63. The molecular weight excluding hydrogens is 384 g/mol. The van der Waals surface area contributed by atoms with Crippen LogP contribution in [-0.2, 0) is 6.54 Å². The molecule has 1 aliphatic rings. The average Bonchev–Trinajstić information content (AvgIpc) is 2.78. The van der Waals surface area contributed by atoms with Gasteiger partial charge in [-0.2, -0.15) is 0 Å². The van der Waals surface area contributed by atoms with Gasteiger partial charge in [-0.05, 0) is 29.8 Å². The lowest BCUT2D eigenvalue weighted by molar-refractivity contribution is 0.0958. The first-order chi connectivity index (χ1) is 15.7. The van der Waals surface area contributed by atoms with Crippen molar-refractivity contribution in [3.63, 3.8) is 0 Å². The second-order valence-corrected chi connectivity index (χ2v) is 7.05. The van der Waals surface area contributed by atoms with Gasteiger partial charge in [-0.1, -0.05) is 6.07 Å². The third-order valence-corrected chi connectivity index (χ3v) is 5.16. The first-order valence-corrected chi connectivity index (χ1v) is 9.55. The number of piperazine rings is 1. The number of ether oxygens (including phenoxy) is 1. The minimum Gasteiger partial charge on any atom is -0.477 e. The number of rotatable bonds is 5. The highest BCUT2D eigenvalue weighted by Crippen LogP contribution is 2.18. The van der Waals surface area contributed by atoms with E-state index >= 15 is 0 Å². The Hall–Kier alpha value is -3.46. The summed E-state index contributed by atoms with van der Waals surface area (Å²) in [6.07, 6.45) is 1.59. The van der Waals surface area contributed by atoms with Crippen LogP contribution in [0.2, 0.25) is 0 Å². The molecule has 9 nitrogen and oxygen atoms in total. The molecule has 1 aromatic carbocycles. The number of H-pyrrole nitrogens is 1. The van der Waals surface area contributed by atoms with Crippen LogP contribution in [0.3, 0.4) is 0 Å². The number of aromatic amines is 1. The molecule has 0 atom stereocenters. The minimum atomic E-state index is -2.54. The number of fused-ring (bicyclic) bond motifs is 1. The van der Waals surface area contributed by atoms with E-state index < -0.39 is 12.9 Å².